The minimum absolute atomic E-state index is 0.0543. The van der Waals surface area contributed by atoms with Crippen molar-refractivity contribution in [1.82, 2.24) is 0 Å². The second-order valence-corrected chi connectivity index (χ2v) is 9.31. The molecule has 3 nitrogen and oxygen atoms in total. The number of anilines is 1. The lowest BCUT2D eigenvalue weighted by molar-refractivity contribution is -0.115. The van der Waals surface area contributed by atoms with E-state index in [0.29, 0.717) is 5.76 Å². The molecule has 0 bridgehead atoms. The van der Waals surface area contributed by atoms with E-state index in [1.165, 1.54) is 5.56 Å². The van der Waals surface area contributed by atoms with Gasteiger partial charge in [-0.15, -0.1) is 0 Å². The molecule has 1 atom stereocenters. The van der Waals surface area contributed by atoms with Gasteiger partial charge in [0.1, 0.15) is 5.76 Å². The normalized spacial score (nSPS) is 20.4. The van der Waals surface area contributed by atoms with Crippen LogP contribution in [-0.4, -0.2) is 11.4 Å². The molecule has 2 heterocycles. The number of hydrogen-bond donors (Lipinski definition) is 0. The summed E-state index contributed by atoms with van der Waals surface area (Å²) < 4.78 is 5.34. The molecule has 1 unspecified atom stereocenters. The zero-order valence-electron chi connectivity index (χ0n) is 17.8. The Kier molecular flexibility index (Phi) is 5.11. The van der Waals surface area contributed by atoms with E-state index >= 15 is 0 Å². The molecule has 0 N–H and O–H groups in total. The SMILES string of the molecule is Cc1ccc2c(c1)N(C(=O)/C=C/c1ccco1)C(C)(C)CC2(C)c1ccc(Cl)cc1. The summed E-state index contributed by atoms with van der Waals surface area (Å²) in [5, 5.41) is 0.724. The fourth-order valence-electron chi connectivity index (χ4n) is 4.77. The molecule has 30 heavy (non-hydrogen) atoms. The summed E-state index contributed by atoms with van der Waals surface area (Å²) in [6, 6.07) is 18.1. The van der Waals surface area contributed by atoms with E-state index in [-0.39, 0.29) is 16.9 Å². The Bertz CT molecular complexity index is 1100. The van der Waals surface area contributed by atoms with E-state index in [9.17, 15) is 4.79 Å². The van der Waals surface area contributed by atoms with Crippen LogP contribution in [0, 0.1) is 6.92 Å². The van der Waals surface area contributed by atoms with Gasteiger partial charge in [-0.2, -0.15) is 0 Å². The number of furan rings is 1. The van der Waals surface area contributed by atoms with E-state index in [2.05, 4.69) is 58.0 Å². The molecule has 1 amide bonds. The topological polar surface area (TPSA) is 33.5 Å². The molecule has 1 aliphatic rings. The number of amides is 1. The van der Waals surface area contributed by atoms with Crippen molar-refractivity contribution in [2.24, 2.45) is 0 Å². The lowest BCUT2D eigenvalue weighted by Gasteiger charge is -2.51. The standard InChI is InChI=1S/C26H26ClNO2/c1-18-7-13-22-23(16-18)28(24(29)14-12-21-6-5-15-30-21)25(2,3)17-26(22,4)19-8-10-20(27)11-9-19/h5-16H,17H2,1-4H3/b14-12+. The first-order valence-corrected chi connectivity index (χ1v) is 10.5. The highest BCUT2D eigenvalue weighted by atomic mass is 35.5. The summed E-state index contributed by atoms with van der Waals surface area (Å²) in [6.07, 6.45) is 5.71. The molecule has 1 aromatic heterocycles. The summed E-state index contributed by atoms with van der Waals surface area (Å²) >= 11 is 6.15. The number of aryl methyl sites for hydroxylation is 1. The van der Waals surface area contributed by atoms with Crippen LogP contribution in [0.5, 0.6) is 0 Å². The van der Waals surface area contributed by atoms with Gasteiger partial charge in [0, 0.05) is 27.7 Å². The van der Waals surface area contributed by atoms with Gasteiger partial charge in [-0.25, -0.2) is 0 Å². The van der Waals surface area contributed by atoms with Crippen LogP contribution in [0.3, 0.4) is 0 Å². The van der Waals surface area contributed by atoms with Crippen LogP contribution in [0.25, 0.3) is 6.08 Å². The second-order valence-electron chi connectivity index (χ2n) is 8.87. The van der Waals surface area contributed by atoms with Crippen molar-refractivity contribution in [2.45, 2.75) is 45.1 Å². The van der Waals surface area contributed by atoms with Crippen LogP contribution in [0.15, 0.2) is 71.4 Å². The predicted octanol–water partition coefficient (Wildman–Crippen LogP) is 6.78. The molecule has 4 heteroatoms. The zero-order chi connectivity index (χ0) is 21.5. The van der Waals surface area contributed by atoms with Gasteiger partial charge < -0.3 is 9.32 Å². The molecule has 0 saturated carbocycles. The van der Waals surface area contributed by atoms with Crippen molar-refractivity contribution in [3.63, 3.8) is 0 Å². The number of carbonyl (C=O) groups excluding carboxylic acids is 1. The third-order valence-electron chi connectivity index (χ3n) is 6.02. The summed E-state index contributed by atoms with van der Waals surface area (Å²) in [4.78, 5) is 15.3. The number of halogens is 1. The molecule has 2 aromatic carbocycles. The molecule has 154 valence electrons. The van der Waals surface area contributed by atoms with Crippen molar-refractivity contribution in [1.29, 1.82) is 0 Å². The maximum absolute atomic E-state index is 13.4. The van der Waals surface area contributed by atoms with E-state index in [0.717, 1.165) is 28.3 Å². The van der Waals surface area contributed by atoms with Crippen LogP contribution >= 0.6 is 11.6 Å². The van der Waals surface area contributed by atoms with Crippen molar-refractivity contribution >= 4 is 29.3 Å². The summed E-state index contributed by atoms with van der Waals surface area (Å²) in [5.41, 5.74) is 3.80. The minimum atomic E-state index is -0.389. The quantitative estimate of drug-likeness (QED) is 0.438. The Labute approximate surface area is 183 Å². The highest BCUT2D eigenvalue weighted by Crippen LogP contribution is 2.50. The van der Waals surface area contributed by atoms with Crippen molar-refractivity contribution in [3.05, 3.63) is 94.4 Å². The highest BCUT2D eigenvalue weighted by molar-refractivity contribution is 6.30. The number of carbonyl (C=O) groups is 1. The monoisotopic (exact) mass is 419 g/mol. The molecule has 0 aliphatic carbocycles. The zero-order valence-corrected chi connectivity index (χ0v) is 18.5. The first-order chi connectivity index (χ1) is 14.2. The predicted molar refractivity (Wildman–Crippen MR) is 123 cm³/mol. The number of rotatable bonds is 3. The Balaban J connectivity index is 1.83. The molecule has 0 spiro atoms. The van der Waals surface area contributed by atoms with Gasteiger partial charge in [-0.3, -0.25) is 4.79 Å². The molecule has 0 fully saturated rings. The number of benzene rings is 2. The fraction of sp³-hybridized carbons (Fsp3) is 0.269. The smallest absolute Gasteiger partial charge is 0.251 e. The summed E-state index contributed by atoms with van der Waals surface area (Å²) in [5.74, 6) is 0.607. The van der Waals surface area contributed by atoms with Gasteiger partial charge in [-0.05, 0) is 80.3 Å². The van der Waals surface area contributed by atoms with E-state index in [1.807, 2.05) is 29.2 Å². The fourth-order valence-corrected chi connectivity index (χ4v) is 4.89. The molecular formula is C26H26ClNO2. The second kappa shape index (κ2) is 7.48. The average molecular weight is 420 g/mol. The van der Waals surface area contributed by atoms with Gasteiger partial charge >= 0.3 is 0 Å². The number of fused-ring (bicyclic) bond motifs is 1. The van der Waals surface area contributed by atoms with Gasteiger partial charge in [0.25, 0.3) is 5.91 Å². The highest BCUT2D eigenvalue weighted by Gasteiger charge is 2.47. The Morgan fingerprint density at radius 3 is 2.50 bits per heavy atom. The lowest BCUT2D eigenvalue weighted by atomic mass is 9.65. The van der Waals surface area contributed by atoms with Crippen LogP contribution in [-0.2, 0) is 10.2 Å². The maximum Gasteiger partial charge on any atom is 0.251 e. The van der Waals surface area contributed by atoms with Crippen LogP contribution in [0.4, 0.5) is 5.69 Å². The van der Waals surface area contributed by atoms with Crippen molar-refractivity contribution in [2.75, 3.05) is 4.90 Å². The van der Waals surface area contributed by atoms with Crippen LogP contribution in [0.2, 0.25) is 5.02 Å². The van der Waals surface area contributed by atoms with E-state index in [1.54, 1.807) is 18.4 Å². The molecule has 1 aliphatic heterocycles. The Morgan fingerprint density at radius 1 is 1.10 bits per heavy atom. The third-order valence-corrected chi connectivity index (χ3v) is 6.27. The van der Waals surface area contributed by atoms with Crippen molar-refractivity contribution in [3.8, 4) is 0 Å². The van der Waals surface area contributed by atoms with E-state index < -0.39 is 0 Å². The summed E-state index contributed by atoms with van der Waals surface area (Å²) in [6.45, 7) is 8.58. The first-order valence-electron chi connectivity index (χ1n) is 10.1. The third kappa shape index (κ3) is 3.59. The van der Waals surface area contributed by atoms with Crippen molar-refractivity contribution < 1.29 is 9.21 Å². The molecule has 4 rings (SSSR count). The maximum atomic E-state index is 13.4. The average Bonchev–Trinajstić information content (AvgIpc) is 3.19. The largest absolute Gasteiger partial charge is 0.465 e. The lowest BCUT2D eigenvalue weighted by Crippen LogP contribution is -2.55. The first kappa shape index (κ1) is 20.5. The van der Waals surface area contributed by atoms with Gasteiger partial charge in [-0.1, -0.05) is 42.8 Å². The minimum Gasteiger partial charge on any atom is -0.465 e. The van der Waals surface area contributed by atoms with Crippen LogP contribution in [0.1, 0.15) is 49.6 Å². The van der Waals surface area contributed by atoms with Gasteiger partial charge in [0.05, 0.1) is 6.26 Å². The van der Waals surface area contributed by atoms with Gasteiger partial charge in [0.15, 0.2) is 0 Å². The molecule has 3 aromatic rings. The Morgan fingerprint density at radius 2 is 1.83 bits per heavy atom. The van der Waals surface area contributed by atoms with Crippen LogP contribution < -0.4 is 4.90 Å². The van der Waals surface area contributed by atoms with E-state index in [4.69, 9.17) is 16.0 Å². The van der Waals surface area contributed by atoms with Gasteiger partial charge in [0.2, 0.25) is 0 Å². The summed E-state index contributed by atoms with van der Waals surface area (Å²) in [7, 11) is 0. The molecule has 0 saturated heterocycles. The molecular weight excluding hydrogens is 394 g/mol. The Hall–Kier alpha value is -2.78. The number of hydrogen-bond acceptors (Lipinski definition) is 2. The number of nitrogens with zero attached hydrogens (tertiary/aromatic N) is 1. The molecule has 0 radical (unpaired) electrons.